The third-order valence-corrected chi connectivity index (χ3v) is 1.98. The molecule has 0 aliphatic heterocycles. The van der Waals surface area contributed by atoms with E-state index < -0.39 is 11.9 Å². The molecule has 1 unspecified atom stereocenters. The van der Waals surface area contributed by atoms with Crippen molar-refractivity contribution in [1.29, 1.82) is 0 Å². The molecule has 78 valence electrons. The van der Waals surface area contributed by atoms with Crippen molar-refractivity contribution in [1.82, 2.24) is 5.32 Å². The first-order valence-electron chi connectivity index (χ1n) is 4.43. The molecule has 1 heterocycles. The van der Waals surface area contributed by atoms with E-state index >= 15 is 0 Å². The molecule has 0 spiro atoms. The molecular weight excluding hydrogens is 182 g/mol. The van der Waals surface area contributed by atoms with Crippen molar-refractivity contribution < 1.29 is 9.21 Å². The molecule has 0 saturated heterocycles. The van der Waals surface area contributed by atoms with E-state index in [1.54, 1.807) is 6.26 Å². The molecule has 2 atom stereocenters. The van der Waals surface area contributed by atoms with Crippen LogP contribution in [-0.4, -0.2) is 18.5 Å². The fourth-order valence-electron chi connectivity index (χ4n) is 1.04. The van der Waals surface area contributed by atoms with Crippen LogP contribution in [0, 0.1) is 0 Å². The van der Waals surface area contributed by atoms with Gasteiger partial charge in [0, 0.05) is 6.54 Å². The zero-order valence-electron chi connectivity index (χ0n) is 8.07. The lowest BCUT2D eigenvalue weighted by molar-refractivity contribution is -0.119. The molecule has 1 amide bonds. The summed E-state index contributed by atoms with van der Waals surface area (Å²) in [4.78, 5) is 10.6. The van der Waals surface area contributed by atoms with Crippen LogP contribution in [0.25, 0.3) is 0 Å². The van der Waals surface area contributed by atoms with Gasteiger partial charge in [-0.3, -0.25) is 4.79 Å². The number of primary amides is 1. The van der Waals surface area contributed by atoms with Gasteiger partial charge in [0.25, 0.3) is 0 Å². The number of furan rings is 1. The summed E-state index contributed by atoms with van der Waals surface area (Å²) in [6.45, 7) is 2.27. The van der Waals surface area contributed by atoms with Crippen LogP contribution in [-0.2, 0) is 4.79 Å². The summed E-state index contributed by atoms with van der Waals surface area (Å²) in [5, 5.41) is 3.05. The van der Waals surface area contributed by atoms with Gasteiger partial charge in [-0.1, -0.05) is 0 Å². The lowest BCUT2D eigenvalue weighted by Gasteiger charge is -2.13. The Morgan fingerprint density at radius 1 is 1.71 bits per heavy atom. The molecule has 0 saturated carbocycles. The highest BCUT2D eigenvalue weighted by atomic mass is 16.3. The molecule has 1 aromatic heterocycles. The van der Waals surface area contributed by atoms with Gasteiger partial charge in [0.05, 0.1) is 18.3 Å². The molecular formula is C9H15N3O2. The second kappa shape index (κ2) is 4.78. The maximum absolute atomic E-state index is 10.6. The molecule has 0 aromatic carbocycles. The number of carbonyl (C=O) groups is 1. The highest BCUT2D eigenvalue weighted by Gasteiger charge is 2.12. The summed E-state index contributed by atoms with van der Waals surface area (Å²) in [7, 11) is 0. The number of nitrogens with two attached hydrogens (primary N) is 2. The van der Waals surface area contributed by atoms with Gasteiger partial charge in [0.1, 0.15) is 5.76 Å². The summed E-state index contributed by atoms with van der Waals surface area (Å²) in [5.74, 6) is 0.297. The Bertz CT molecular complexity index is 284. The smallest absolute Gasteiger partial charge is 0.235 e. The Balaban J connectivity index is 2.35. The Morgan fingerprint density at radius 2 is 2.43 bits per heavy atom. The van der Waals surface area contributed by atoms with Crippen molar-refractivity contribution in [2.24, 2.45) is 11.5 Å². The number of nitrogens with one attached hydrogen (secondary N) is 1. The van der Waals surface area contributed by atoms with E-state index in [1.807, 2.05) is 19.1 Å². The minimum absolute atomic E-state index is 0.0235. The molecule has 0 aliphatic rings. The maximum Gasteiger partial charge on any atom is 0.235 e. The molecule has 1 aromatic rings. The van der Waals surface area contributed by atoms with E-state index in [0.717, 1.165) is 5.76 Å². The lowest BCUT2D eigenvalue weighted by atomic mass is 10.2. The topological polar surface area (TPSA) is 94.3 Å². The van der Waals surface area contributed by atoms with Gasteiger partial charge in [-0.05, 0) is 19.1 Å². The average molecular weight is 197 g/mol. The first-order chi connectivity index (χ1) is 6.61. The van der Waals surface area contributed by atoms with E-state index in [4.69, 9.17) is 15.9 Å². The number of amides is 1. The van der Waals surface area contributed by atoms with Crippen LogP contribution in [0.1, 0.15) is 18.7 Å². The molecule has 5 N–H and O–H groups in total. The molecule has 0 radical (unpaired) electrons. The number of hydrogen-bond donors (Lipinski definition) is 3. The van der Waals surface area contributed by atoms with E-state index in [2.05, 4.69) is 5.32 Å². The molecule has 5 heteroatoms. The lowest BCUT2D eigenvalue weighted by Crippen LogP contribution is -2.44. The average Bonchev–Trinajstić information content (AvgIpc) is 2.66. The summed E-state index contributed by atoms with van der Waals surface area (Å²) >= 11 is 0. The van der Waals surface area contributed by atoms with Gasteiger partial charge in [0.2, 0.25) is 5.91 Å². The quantitative estimate of drug-likeness (QED) is 0.606. The van der Waals surface area contributed by atoms with Crippen molar-refractivity contribution >= 4 is 5.91 Å². The Labute approximate surface area is 82.4 Å². The zero-order valence-corrected chi connectivity index (χ0v) is 8.07. The third-order valence-electron chi connectivity index (χ3n) is 1.98. The summed E-state index contributed by atoms with van der Waals surface area (Å²) in [6, 6.07) is 3.03. The predicted octanol–water partition coefficient (Wildman–Crippen LogP) is -0.257. The normalized spacial score (nSPS) is 15.0. The van der Waals surface area contributed by atoms with Crippen LogP contribution < -0.4 is 16.8 Å². The standard InChI is InChI=1S/C9H15N3O2/c1-6(8-3-2-4-14-8)12-5-7(10)9(11)13/h2-4,6-7,12H,5,10H2,1H3,(H2,11,13)/t6-,7?/m0/s1. The summed E-state index contributed by atoms with van der Waals surface area (Å²) < 4.78 is 5.17. The Morgan fingerprint density at radius 3 is 2.93 bits per heavy atom. The van der Waals surface area contributed by atoms with E-state index in [0.29, 0.717) is 6.54 Å². The molecule has 0 aliphatic carbocycles. The van der Waals surface area contributed by atoms with Crippen molar-refractivity contribution in [3.63, 3.8) is 0 Å². The molecule has 0 bridgehead atoms. The van der Waals surface area contributed by atoms with Crippen molar-refractivity contribution in [3.8, 4) is 0 Å². The number of carbonyl (C=O) groups excluding carboxylic acids is 1. The Kier molecular flexibility index (Phi) is 3.67. The Hall–Kier alpha value is -1.33. The van der Waals surface area contributed by atoms with Crippen LogP contribution in [0.4, 0.5) is 0 Å². The van der Waals surface area contributed by atoms with Gasteiger partial charge in [-0.25, -0.2) is 0 Å². The minimum atomic E-state index is -0.660. The SMILES string of the molecule is C[C@H](NCC(N)C(N)=O)c1ccco1. The van der Waals surface area contributed by atoms with Gasteiger partial charge in [-0.2, -0.15) is 0 Å². The summed E-state index contributed by atoms with van der Waals surface area (Å²) in [5.41, 5.74) is 10.5. The van der Waals surface area contributed by atoms with E-state index in [9.17, 15) is 4.79 Å². The van der Waals surface area contributed by atoms with E-state index in [1.165, 1.54) is 0 Å². The first kappa shape index (κ1) is 10.7. The van der Waals surface area contributed by atoms with Gasteiger partial charge in [-0.15, -0.1) is 0 Å². The second-order valence-electron chi connectivity index (χ2n) is 3.15. The largest absolute Gasteiger partial charge is 0.468 e. The fraction of sp³-hybridized carbons (Fsp3) is 0.444. The number of hydrogen-bond acceptors (Lipinski definition) is 4. The van der Waals surface area contributed by atoms with E-state index in [-0.39, 0.29) is 6.04 Å². The maximum atomic E-state index is 10.6. The minimum Gasteiger partial charge on any atom is -0.468 e. The molecule has 5 nitrogen and oxygen atoms in total. The van der Waals surface area contributed by atoms with Gasteiger partial charge < -0.3 is 21.2 Å². The van der Waals surface area contributed by atoms with Crippen molar-refractivity contribution in [2.75, 3.05) is 6.54 Å². The third kappa shape index (κ3) is 2.86. The summed E-state index contributed by atoms with van der Waals surface area (Å²) in [6.07, 6.45) is 1.60. The highest BCUT2D eigenvalue weighted by molar-refractivity contribution is 5.79. The number of rotatable bonds is 5. The van der Waals surface area contributed by atoms with Crippen LogP contribution in [0.5, 0.6) is 0 Å². The van der Waals surface area contributed by atoms with Crippen LogP contribution in [0.15, 0.2) is 22.8 Å². The molecule has 14 heavy (non-hydrogen) atoms. The fourth-order valence-corrected chi connectivity index (χ4v) is 1.04. The highest BCUT2D eigenvalue weighted by Crippen LogP contribution is 2.11. The zero-order chi connectivity index (χ0) is 10.6. The van der Waals surface area contributed by atoms with Gasteiger partial charge in [0.15, 0.2) is 0 Å². The van der Waals surface area contributed by atoms with Crippen molar-refractivity contribution in [3.05, 3.63) is 24.2 Å². The first-order valence-corrected chi connectivity index (χ1v) is 4.43. The predicted molar refractivity (Wildman–Crippen MR) is 52.3 cm³/mol. The van der Waals surface area contributed by atoms with Gasteiger partial charge >= 0.3 is 0 Å². The van der Waals surface area contributed by atoms with Crippen LogP contribution >= 0.6 is 0 Å². The van der Waals surface area contributed by atoms with Crippen LogP contribution in [0.2, 0.25) is 0 Å². The monoisotopic (exact) mass is 197 g/mol. The van der Waals surface area contributed by atoms with Crippen molar-refractivity contribution in [2.45, 2.75) is 19.0 Å². The molecule has 0 fully saturated rings. The molecule has 1 rings (SSSR count). The van der Waals surface area contributed by atoms with Crippen LogP contribution in [0.3, 0.4) is 0 Å². The second-order valence-corrected chi connectivity index (χ2v) is 3.15.